The summed E-state index contributed by atoms with van der Waals surface area (Å²) in [7, 11) is 4.67. The Hall–Kier alpha value is -4.23. The van der Waals surface area contributed by atoms with E-state index in [1.807, 2.05) is 13.8 Å². The lowest BCUT2D eigenvalue weighted by atomic mass is 10.2. The Morgan fingerprint density at radius 1 is 1.06 bits per heavy atom. The molecule has 0 radical (unpaired) electrons. The molecule has 1 aromatic carbocycles. The van der Waals surface area contributed by atoms with Gasteiger partial charge in [-0.2, -0.15) is 18.2 Å². The van der Waals surface area contributed by atoms with E-state index >= 15 is 0 Å². The number of aryl methyl sites for hydroxylation is 1. The van der Waals surface area contributed by atoms with E-state index in [4.69, 9.17) is 28.6 Å². The molecule has 3 aromatic rings. The number of nitrogens with zero attached hydrogens (tertiary/aromatic N) is 3. The molecule has 34 heavy (non-hydrogen) atoms. The number of hydrogen-bond donors (Lipinski definition) is 3. The standard InChI is InChI=1S/C18H21N5O4.C2HF3O2/c1-10-11(2)23-27-17(10)21-15-6-7-19-18(22-15)20-12-8-13(24-3)16(26-5)14(9-12)25-4;3-2(4,5)1(6)7/h6-9H,1-5H3,(H2,19,20,21,22);(H,6,7). The zero-order chi connectivity index (χ0) is 25.5. The minimum Gasteiger partial charge on any atom is -0.493 e. The predicted octanol–water partition coefficient (Wildman–Crippen LogP) is 4.23. The van der Waals surface area contributed by atoms with Crippen molar-refractivity contribution in [2.75, 3.05) is 32.0 Å². The van der Waals surface area contributed by atoms with E-state index in [9.17, 15) is 13.2 Å². The Bertz CT molecular complexity index is 1110. The van der Waals surface area contributed by atoms with E-state index in [-0.39, 0.29) is 0 Å². The first-order chi connectivity index (χ1) is 16.0. The summed E-state index contributed by atoms with van der Waals surface area (Å²) in [6.07, 6.45) is -3.45. The minimum absolute atomic E-state index is 0.392. The number of alkyl halides is 3. The van der Waals surface area contributed by atoms with E-state index in [1.54, 1.807) is 45.7 Å². The summed E-state index contributed by atoms with van der Waals surface area (Å²) in [4.78, 5) is 17.6. The van der Waals surface area contributed by atoms with Crippen molar-refractivity contribution in [3.05, 3.63) is 35.7 Å². The smallest absolute Gasteiger partial charge is 0.490 e. The number of benzene rings is 1. The maximum absolute atomic E-state index is 10.6. The van der Waals surface area contributed by atoms with Crippen molar-refractivity contribution >= 4 is 29.3 Å². The zero-order valence-corrected chi connectivity index (χ0v) is 18.8. The van der Waals surface area contributed by atoms with Crippen molar-refractivity contribution in [1.82, 2.24) is 15.1 Å². The predicted molar refractivity (Wildman–Crippen MR) is 114 cm³/mol. The fourth-order valence-electron chi connectivity index (χ4n) is 2.42. The summed E-state index contributed by atoms with van der Waals surface area (Å²) >= 11 is 0. The third kappa shape index (κ3) is 6.63. The lowest BCUT2D eigenvalue weighted by molar-refractivity contribution is -0.192. The molecular formula is C20H22F3N5O6. The summed E-state index contributed by atoms with van der Waals surface area (Å²) in [5.41, 5.74) is 2.43. The van der Waals surface area contributed by atoms with Crippen LogP contribution in [0.25, 0.3) is 0 Å². The fourth-order valence-corrected chi connectivity index (χ4v) is 2.42. The van der Waals surface area contributed by atoms with Crippen LogP contribution in [0.2, 0.25) is 0 Å². The Morgan fingerprint density at radius 2 is 1.65 bits per heavy atom. The topological polar surface area (TPSA) is 141 Å². The van der Waals surface area contributed by atoms with Crippen molar-refractivity contribution in [3.8, 4) is 17.2 Å². The molecular weight excluding hydrogens is 463 g/mol. The first-order valence-electron chi connectivity index (χ1n) is 9.40. The number of halogens is 3. The largest absolute Gasteiger partial charge is 0.493 e. The number of carboxylic acid groups (broad SMARTS) is 1. The van der Waals surface area contributed by atoms with Crippen molar-refractivity contribution in [3.63, 3.8) is 0 Å². The highest BCUT2D eigenvalue weighted by molar-refractivity contribution is 5.73. The SMILES string of the molecule is COc1cc(Nc2nccc(Nc3onc(C)c3C)n2)cc(OC)c1OC.O=C(O)C(F)(F)F. The number of carbonyl (C=O) groups is 1. The molecule has 0 spiro atoms. The maximum Gasteiger partial charge on any atom is 0.490 e. The molecule has 0 saturated heterocycles. The molecule has 0 amide bonds. The monoisotopic (exact) mass is 485 g/mol. The van der Waals surface area contributed by atoms with Crippen LogP contribution in [0.5, 0.6) is 17.2 Å². The summed E-state index contributed by atoms with van der Waals surface area (Å²) in [5, 5.41) is 17.3. The third-order valence-electron chi connectivity index (χ3n) is 4.22. The average Bonchev–Trinajstić information content (AvgIpc) is 3.10. The van der Waals surface area contributed by atoms with E-state index in [0.29, 0.717) is 40.6 Å². The van der Waals surface area contributed by atoms with Crippen LogP contribution in [-0.2, 0) is 4.79 Å². The van der Waals surface area contributed by atoms with Gasteiger partial charge in [-0.15, -0.1) is 0 Å². The molecule has 0 aliphatic rings. The molecule has 0 aliphatic carbocycles. The summed E-state index contributed by atoms with van der Waals surface area (Å²) < 4.78 is 53.0. The van der Waals surface area contributed by atoms with Gasteiger partial charge in [0.1, 0.15) is 5.82 Å². The molecule has 184 valence electrons. The molecule has 0 atom stereocenters. The maximum atomic E-state index is 10.6. The van der Waals surface area contributed by atoms with Crippen LogP contribution in [0.3, 0.4) is 0 Å². The Labute approximate surface area is 191 Å². The number of carboxylic acids is 1. The summed E-state index contributed by atoms with van der Waals surface area (Å²) in [5.74, 6) is 0.320. The summed E-state index contributed by atoms with van der Waals surface area (Å²) in [6, 6.07) is 5.28. The van der Waals surface area contributed by atoms with Gasteiger partial charge >= 0.3 is 12.1 Å². The van der Waals surface area contributed by atoms with Crippen LogP contribution in [0.15, 0.2) is 28.9 Å². The Kier molecular flexibility index (Phi) is 8.47. The molecule has 0 fully saturated rings. The van der Waals surface area contributed by atoms with Gasteiger partial charge in [-0.05, 0) is 19.9 Å². The molecule has 14 heteroatoms. The molecule has 3 rings (SSSR count). The lowest BCUT2D eigenvalue weighted by Gasteiger charge is -2.14. The van der Waals surface area contributed by atoms with Crippen LogP contribution in [0.1, 0.15) is 11.3 Å². The highest BCUT2D eigenvalue weighted by Crippen LogP contribution is 2.40. The van der Waals surface area contributed by atoms with Gasteiger partial charge in [-0.1, -0.05) is 5.16 Å². The number of nitrogens with one attached hydrogen (secondary N) is 2. The highest BCUT2D eigenvalue weighted by atomic mass is 19.4. The average molecular weight is 485 g/mol. The van der Waals surface area contributed by atoms with Gasteiger partial charge < -0.3 is 34.5 Å². The van der Waals surface area contributed by atoms with E-state index in [2.05, 4.69) is 25.8 Å². The van der Waals surface area contributed by atoms with E-state index in [0.717, 1.165) is 11.3 Å². The van der Waals surface area contributed by atoms with Crippen LogP contribution >= 0.6 is 0 Å². The van der Waals surface area contributed by atoms with Gasteiger partial charge in [0.15, 0.2) is 11.5 Å². The Balaban J connectivity index is 0.000000509. The number of aromatic nitrogens is 3. The number of anilines is 4. The molecule has 11 nitrogen and oxygen atoms in total. The summed E-state index contributed by atoms with van der Waals surface area (Å²) in [6.45, 7) is 3.80. The zero-order valence-electron chi connectivity index (χ0n) is 18.8. The normalized spacial score (nSPS) is 10.6. The quantitative estimate of drug-likeness (QED) is 0.443. The molecule has 3 N–H and O–H groups in total. The number of aliphatic carboxylic acids is 1. The van der Waals surface area contributed by atoms with Crippen molar-refractivity contribution in [1.29, 1.82) is 0 Å². The van der Waals surface area contributed by atoms with Gasteiger partial charge in [0.25, 0.3) is 0 Å². The number of methoxy groups -OCH3 is 3. The number of ether oxygens (including phenoxy) is 3. The van der Waals surface area contributed by atoms with Crippen molar-refractivity contribution in [2.24, 2.45) is 0 Å². The fraction of sp³-hybridized carbons (Fsp3) is 0.300. The highest BCUT2D eigenvalue weighted by Gasteiger charge is 2.38. The third-order valence-corrected chi connectivity index (χ3v) is 4.22. The molecule has 0 saturated carbocycles. The number of hydrogen-bond acceptors (Lipinski definition) is 10. The van der Waals surface area contributed by atoms with Gasteiger partial charge in [0.05, 0.1) is 27.0 Å². The second kappa shape index (κ2) is 11.1. The first-order valence-corrected chi connectivity index (χ1v) is 9.40. The van der Waals surface area contributed by atoms with E-state index < -0.39 is 12.1 Å². The van der Waals surface area contributed by atoms with Crippen LogP contribution < -0.4 is 24.8 Å². The first kappa shape index (κ1) is 26.0. The van der Waals surface area contributed by atoms with Crippen LogP contribution in [0, 0.1) is 13.8 Å². The molecule has 2 heterocycles. The second-order valence-electron chi connectivity index (χ2n) is 6.45. The lowest BCUT2D eigenvalue weighted by Crippen LogP contribution is -2.21. The van der Waals surface area contributed by atoms with Crippen molar-refractivity contribution < 1.29 is 41.8 Å². The number of rotatable bonds is 7. The van der Waals surface area contributed by atoms with Gasteiger partial charge in [0.2, 0.25) is 17.6 Å². The second-order valence-corrected chi connectivity index (χ2v) is 6.45. The van der Waals surface area contributed by atoms with Crippen LogP contribution in [-0.4, -0.2) is 53.7 Å². The van der Waals surface area contributed by atoms with Gasteiger partial charge in [0, 0.05) is 29.6 Å². The van der Waals surface area contributed by atoms with E-state index in [1.165, 1.54) is 0 Å². The molecule has 0 bridgehead atoms. The van der Waals surface area contributed by atoms with Crippen molar-refractivity contribution in [2.45, 2.75) is 20.0 Å². The Morgan fingerprint density at radius 3 is 2.09 bits per heavy atom. The van der Waals surface area contributed by atoms with Gasteiger partial charge in [-0.25, -0.2) is 9.78 Å². The van der Waals surface area contributed by atoms with Crippen LogP contribution in [0.4, 0.5) is 36.5 Å². The minimum atomic E-state index is -5.08. The molecule has 0 unspecified atom stereocenters. The van der Waals surface area contributed by atoms with Gasteiger partial charge in [-0.3, -0.25) is 0 Å². The molecule has 2 aromatic heterocycles. The molecule has 0 aliphatic heterocycles.